The van der Waals surface area contributed by atoms with Gasteiger partial charge in [-0.05, 0) is 48.6 Å². The molecule has 0 aromatic heterocycles. The number of nitrogens with one attached hydrogen (secondary N) is 2. The molecule has 0 atom stereocenters. The summed E-state index contributed by atoms with van der Waals surface area (Å²) in [6.45, 7) is 0. The van der Waals surface area contributed by atoms with Crippen molar-refractivity contribution in [3.63, 3.8) is 0 Å². The van der Waals surface area contributed by atoms with Crippen molar-refractivity contribution in [2.45, 2.75) is 0 Å². The summed E-state index contributed by atoms with van der Waals surface area (Å²) in [5, 5.41) is 6.37. The molecule has 0 aliphatic heterocycles. The van der Waals surface area contributed by atoms with Crippen LogP contribution in [0, 0.1) is 5.82 Å². The third-order valence-corrected chi connectivity index (χ3v) is 2.96. The van der Waals surface area contributed by atoms with Gasteiger partial charge in [-0.15, -0.1) is 0 Å². The average molecular weight is 306 g/mol. The summed E-state index contributed by atoms with van der Waals surface area (Å²) in [6.07, 6.45) is 0. The minimum absolute atomic E-state index is 0.295. The van der Waals surface area contributed by atoms with E-state index in [1.54, 1.807) is 44.6 Å². The molecule has 2 aromatic carbocycles. The molecular weight excluding hydrogens is 291 g/mol. The molecule has 0 unspecified atom stereocenters. The largest absolute Gasteiger partial charge is 0.497 e. The molecule has 0 heterocycles. The summed E-state index contributed by atoms with van der Waals surface area (Å²) in [7, 11) is 3.15. The van der Waals surface area contributed by atoms with Crippen molar-refractivity contribution in [3.05, 3.63) is 48.3 Å². The fourth-order valence-electron chi connectivity index (χ4n) is 1.72. The van der Waals surface area contributed by atoms with E-state index in [2.05, 4.69) is 10.6 Å². The zero-order valence-corrected chi connectivity index (χ0v) is 12.5. The van der Waals surface area contributed by atoms with E-state index in [1.807, 2.05) is 0 Å². The molecule has 0 spiro atoms. The first-order chi connectivity index (χ1) is 10.1. The maximum atomic E-state index is 12.8. The monoisotopic (exact) mass is 306 g/mol. The Bertz CT molecular complexity index is 632. The molecule has 4 nitrogen and oxygen atoms in total. The second-order valence-corrected chi connectivity index (χ2v) is 4.56. The number of benzene rings is 2. The van der Waals surface area contributed by atoms with Crippen molar-refractivity contribution in [3.8, 4) is 11.5 Å². The number of thiocarbonyl (C=S) groups is 1. The van der Waals surface area contributed by atoms with Crippen LogP contribution in [-0.2, 0) is 0 Å². The Morgan fingerprint density at radius 3 is 2.33 bits per heavy atom. The van der Waals surface area contributed by atoms with Crippen LogP contribution in [0.4, 0.5) is 15.8 Å². The fraction of sp³-hybridized carbons (Fsp3) is 0.133. The van der Waals surface area contributed by atoms with Gasteiger partial charge in [0.1, 0.15) is 17.3 Å². The number of hydrogen-bond donors (Lipinski definition) is 2. The van der Waals surface area contributed by atoms with E-state index in [0.717, 1.165) is 0 Å². The van der Waals surface area contributed by atoms with Gasteiger partial charge in [-0.3, -0.25) is 0 Å². The van der Waals surface area contributed by atoms with Gasteiger partial charge in [0, 0.05) is 11.8 Å². The summed E-state index contributed by atoms with van der Waals surface area (Å²) in [5.74, 6) is 1.00. The molecule has 2 aromatic rings. The summed E-state index contributed by atoms with van der Waals surface area (Å²) in [5.41, 5.74) is 1.40. The molecule has 2 rings (SSSR count). The number of methoxy groups -OCH3 is 2. The van der Waals surface area contributed by atoms with Gasteiger partial charge in [0.2, 0.25) is 0 Å². The normalized spacial score (nSPS) is 9.86. The number of anilines is 2. The van der Waals surface area contributed by atoms with E-state index in [4.69, 9.17) is 21.7 Å². The quantitative estimate of drug-likeness (QED) is 0.844. The highest BCUT2D eigenvalue weighted by Gasteiger charge is 2.07. The van der Waals surface area contributed by atoms with Crippen LogP contribution in [0.25, 0.3) is 0 Å². The van der Waals surface area contributed by atoms with Gasteiger partial charge in [-0.2, -0.15) is 0 Å². The smallest absolute Gasteiger partial charge is 0.175 e. The molecule has 2 N–H and O–H groups in total. The lowest BCUT2D eigenvalue weighted by atomic mass is 10.2. The number of ether oxygens (including phenoxy) is 2. The van der Waals surface area contributed by atoms with E-state index >= 15 is 0 Å². The topological polar surface area (TPSA) is 42.5 Å². The van der Waals surface area contributed by atoms with Gasteiger partial charge in [0.25, 0.3) is 0 Å². The Balaban J connectivity index is 2.07. The molecule has 0 aliphatic rings. The van der Waals surface area contributed by atoms with Crippen LogP contribution in [0.3, 0.4) is 0 Å². The molecule has 0 fully saturated rings. The molecular formula is C15H15FN2O2S. The van der Waals surface area contributed by atoms with Crippen LogP contribution >= 0.6 is 12.2 Å². The van der Waals surface area contributed by atoms with Crippen molar-refractivity contribution in [2.24, 2.45) is 0 Å². The van der Waals surface area contributed by atoms with Gasteiger partial charge < -0.3 is 20.1 Å². The van der Waals surface area contributed by atoms with E-state index in [-0.39, 0.29) is 5.82 Å². The van der Waals surface area contributed by atoms with E-state index in [0.29, 0.717) is 28.0 Å². The van der Waals surface area contributed by atoms with Crippen LogP contribution in [0.2, 0.25) is 0 Å². The summed E-state index contributed by atoms with van der Waals surface area (Å²) < 4.78 is 23.2. The van der Waals surface area contributed by atoms with E-state index in [1.165, 1.54) is 12.1 Å². The second-order valence-electron chi connectivity index (χ2n) is 4.15. The van der Waals surface area contributed by atoms with Crippen molar-refractivity contribution >= 4 is 28.7 Å². The Kier molecular flexibility index (Phi) is 4.94. The first kappa shape index (κ1) is 15.1. The summed E-state index contributed by atoms with van der Waals surface area (Å²) >= 11 is 5.22. The Labute approximate surface area is 127 Å². The third kappa shape index (κ3) is 4.06. The highest BCUT2D eigenvalue weighted by Crippen LogP contribution is 2.29. The van der Waals surface area contributed by atoms with Crippen molar-refractivity contribution in [1.29, 1.82) is 0 Å². The number of halogens is 1. The Morgan fingerprint density at radius 2 is 1.71 bits per heavy atom. The summed E-state index contributed by atoms with van der Waals surface area (Å²) in [4.78, 5) is 0. The molecule has 6 heteroatoms. The van der Waals surface area contributed by atoms with Gasteiger partial charge in [0.05, 0.1) is 19.9 Å². The Hall–Kier alpha value is -2.34. The lowest BCUT2D eigenvalue weighted by Gasteiger charge is -2.14. The van der Waals surface area contributed by atoms with Crippen molar-refractivity contribution in [2.75, 3.05) is 24.9 Å². The van der Waals surface area contributed by atoms with Gasteiger partial charge in [0.15, 0.2) is 5.11 Å². The lowest BCUT2D eigenvalue weighted by Crippen LogP contribution is -2.19. The van der Waals surface area contributed by atoms with Crippen molar-refractivity contribution in [1.82, 2.24) is 0 Å². The minimum atomic E-state index is -0.295. The third-order valence-electron chi connectivity index (χ3n) is 2.76. The van der Waals surface area contributed by atoms with Crippen LogP contribution in [0.1, 0.15) is 0 Å². The second kappa shape index (κ2) is 6.90. The predicted molar refractivity (Wildman–Crippen MR) is 85.8 cm³/mol. The summed E-state index contributed by atoms with van der Waals surface area (Å²) in [6, 6.07) is 11.3. The van der Waals surface area contributed by atoms with Crippen LogP contribution in [0.15, 0.2) is 42.5 Å². The molecule has 0 aliphatic carbocycles. The van der Waals surface area contributed by atoms with Crippen molar-refractivity contribution < 1.29 is 13.9 Å². The van der Waals surface area contributed by atoms with E-state index in [9.17, 15) is 4.39 Å². The molecule has 21 heavy (non-hydrogen) atoms. The average Bonchev–Trinajstić information content (AvgIpc) is 2.50. The number of rotatable bonds is 4. The highest BCUT2D eigenvalue weighted by atomic mass is 32.1. The molecule has 110 valence electrons. The lowest BCUT2D eigenvalue weighted by molar-refractivity contribution is 0.395. The first-order valence-corrected chi connectivity index (χ1v) is 6.59. The fourth-order valence-corrected chi connectivity index (χ4v) is 1.95. The van der Waals surface area contributed by atoms with Crippen LogP contribution in [0.5, 0.6) is 11.5 Å². The van der Waals surface area contributed by atoms with Crippen LogP contribution < -0.4 is 20.1 Å². The van der Waals surface area contributed by atoms with E-state index < -0.39 is 0 Å². The van der Waals surface area contributed by atoms with Gasteiger partial charge >= 0.3 is 0 Å². The molecule has 0 radical (unpaired) electrons. The zero-order valence-electron chi connectivity index (χ0n) is 11.6. The maximum Gasteiger partial charge on any atom is 0.175 e. The molecule has 0 saturated heterocycles. The highest BCUT2D eigenvalue weighted by molar-refractivity contribution is 7.80. The first-order valence-electron chi connectivity index (χ1n) is 6.18. The molecule has 0 saturated carbocycles. The maximum absolute atomic E-state index is 12.8. The minimum Gasteiger partial charge on any atom is -0.497 e. The number of hydrogen-bond acceptors (Lipinski definition) is 3. The standard InChI is InChI=1S/C15H15FN2O2S/c1-19-12-7-8-13(14(9-12)20-2)18-15(21)17-11-5-3-10(16)4-6-11/h3-9H,1-2H3,(H2,17,18,21). The predicted octanol–water partition coefficient (Wildman–Crippen LogP) is 3.65. The van der Waals surface area contributed by atoms with Crippen LogP contribution in [-0.4, -0.2) is 19.3 Å². The van der Waals surface area contributed by atoms with Gasteiger partial charge in [-0.1, -0.05) is 0 Å². The molecule has 0 bridgehead atoms. The SMILES string of the molecule is COc1ccc(NC(=S)Nc2ccc(F)cc2)c(OC)c1. The Morgan fingerprint density at radius 1 is 1.00 bits per heavy atom. The zero-order chi connectivity index (χ0) is 15.2. The molecule has 0 amide bonds. The van der Waals surface area contributed by atoms with Gasteiger partial charge in [-0.25, -0.2) is 4.39 Å².